The van der Waals surface area contributed by atoms with E-state index in [1.165, 1.54) is 26.5 Å². The third-order valence-corrected chi connectivity index (χ3v) is 11.7. The summed E-state index contributed by atoms with van der Waals surface area (Å²) in [6.45, 7) is 6.77. The normalized spacial score (nSPS) is 15.5. The van der Waals surface area contributed by atoms with E-state index in [4.69, 9.17) is 9.72 Å². The van der Waals surface area contributed by atoms with Gasteiger partial charge in [0.15, 0.2) is 5.82 Å². The molecule has 19 heteroatoms. The highest BCUT2D eigenvalue weighted by atomic mass is 19.1. The molecule has 65 heavy (non-hydrogen) atoms. The van der Waals surface area contributed by atoms with Gasteiger partial charge in [0.25, 0.3) is 0 Å². The SMILES string of the molecule is C=N/C=C(\NC[C@@H]1CCCN1C(=O)CNC(=O)OC)c1cc(F)c2c(c1)OC(c1nc3ccccc3n1C)n1c-2cc2cc(-c3cnc(CN(CCC)C(=O)CNC(=O)OC)[nH]3)ccc21. The van der Waals surface area contributed by atoms with Gasteiger partial charge in [0.05, 0.1) is 66.2 Å². The van der Waals surface area contributed by atoms with E-state index in [1.54, 1.807) is 22.1 Å². The molecular weight excluding hydrogens is 838 g/mol. The van der Waals surface area contributed by atoms with Gasteiger partial charge in [-0.05, 0) is 68.4 Å². The van der Waals surface area contributed by atoms with Gasteiger partial charge in [-0.25, -0.2) is 23.9 Å². The van der Waals surface area contributed by atoms with E-state index in [-0.39, 0.29) is 43.1 Å². The Bertz CT molecular complexity index is 2830. The number of imidazole rings is 2. The van der Waals surface area contributed by atoms with Crippen molar-refractivity contribution >= 4 is 58.4 Å². The lowest BCUT2D eigenvalue weighted by molar-refractivity contribution is -0.131. The number of ether oxygens (including phenoxy) is 3. The number of rotatable bonds is 15. The lowest BCUT2D eigenvalue weighted by Crippen LogP contribution is -2.45. The first-order valence-electron chi connectivity index (χ1n) is 21.2. The van der Waals surface area contributed by atoms with Gasteiger partial charge < -0.3 is 49.5 Å². The standard InChI is InChI=1S/C46H50FN11O7/c1-6-15-56(40(59)24-51-45(61)63-4)26-39-50-23-34(53-39)27-13-14-35-29(17-27)19-37-42-31(47)18-28(20-38(42)65-44(58(35)37)43-54-32-11-7-8-12-36(32)55(43)3)33(22-48-2)49-21-30-10-9-16-57(30)41(60)25-52-46(62)64-5/h7-8,11-14,17-20,22-23,30,44,49H,2,6,9-10,15-16,21,24-26H2,1,3-5H3,(H,50,53)(H,51,61)(H,52,62)/b33-22-/t30-,44?/m0/s1. The zero-order valence-electron chi connectivity index (χ0n) is 36.5. The molecular formula is C46H50FN11O7. The lowest BCUT2D eigenvalue weighted by atomic mass is 10.0. The molecule has 0 aliphatic carbocycles. The summed E-state index contributed by atoms with van der Waals surface area (Å²) in [4.78, 5) is 69.4. The molecule has 8 rings (SSSR count). The molecule has 2 aliphatic heterocycles. The molecule has 2 atom stereocenters. The van der Waals surface area contributed by atoms with Gasteiger partial charge in [-0.2, -0.15) is 0 Å². The third kappa shape index (κ3) is 8.94. The Morgan fingerprint density at radius 2 is 1.82 bits per heavy atom. The van der Waals surface area contributed by atoms with Gasteiger partial charge in [0.2, 0.25) is 18.0 Å². The predicted octanol–water partition coefficient (Wildman–Crippen LogP) is 5.69. The van der Waals surface area contributed by atoms with Crippen molar-refractivity contribution in [1.29, 1.82) is 0 Å². The summed E-state index contributed by atoms with van der Waals surface area (Å²) in [7, 11) is 4.40. The maximum Gasteiger partial charge on any atom is 0.407 e. The van der Waals surface area contributed by atoms with Crippen molar-refractivity contribution < 1.29 is 37.8 Å². The molecule has 1 saturated heterocycles. The van der Waals surface area contributed by atoms with E-state index in [0.717, 1.165) is 40.3 Å². The van der Waals surface area contributed by atoms with Crippen LogP contribution < -0.4 is 20.7 Å². The first-order valence-corrected chi connectivity index (χ1v) is 21.2. The van der Waals surface area contributed by atoms with Crippen LogP contribution in [0.3, 0.4) is 0 Å². The number of carbonyl (C=O) groups excluding carboxylic acids is 4. The van der Waals surface area contributed by atoms with Crippen molar-refractivity contribution in [2.75, 3.05) is 46.9 Å². The van der Waals surface area contributed by atoms with Crippen LogP contribution in [0.5, 0.6) is 5.75 Å². The molecule has 4 amide bonds. The zero-order chi connectivity index (χ0) is 45.8. The van der Waals surface area contributed by atoms with E-state index in [0.29, 0.717) is 66.1 Å². The number of halogens is 1. The first-order chi connectivity index (χ1) is 31.5. The lowest BCUT2D eigenvalue weighted by Gasteiger charge is -2.30. The number of methoxy groups -OCH3 is 2. The van der Waals surface area contributed by atoms with Gasteiger partial charge in [0, 0.05) is 55.4 Å². The van der Waals surface area contributed by atoms with Crippen molar-refractivity contribution in [3.8, 4) is 28.3 Å². The maximum absolute atomic E-state index is 16.9. The van der Waals surface area contributed by atoms with Crippen LogP contribution in [0.1, 0.15) is 49.6 Å². The maximum atomic E-state index is 16.9. The van der Waals surface area contributed by atoms with Crippen molar-refractivity contribution in [3.63, 3.8) is 0 Å². The minimum Gasteiger partial charge on any atom is -0.462 e. The number of fused-ring (bicyclic) bond motifs is 6. The summed E-state index contributed by atoms with van der Waals surface area (Å²) in [5.74, 6) is 0.424. The monoisotopic (exact) mass is 887 g/mol. The second-order valence-electron chi connectivity index (χ2n) is 15.7. The zero-order valence-corrected chi connectivity index (χ0v) is 36.5. The number of hydrogen-bond donors (Lipinski definition) is 4. The van der Waals surface area contributed by atoms with Gasteiger partial charge in [-0.15, -0.1) is 0 Å². The number of alkyl carbamates (subject to hydrolysis) is 2. The Morgan fingerprint density at radius 3 is 2.57 bits per heavy atom. The van der Waals surface area contributed by atoms with Gasteiger partial charge in [-0.3, -0.25) is 19.1 Å². The van der Waals surface area contributed by atoms with Crippen molar-refractivity contribution in [2.24, 2.45) is 12.0 Å². The van der Waals surface area contributed by atoms with Crippen LogP contribution in [0.4, 0.5) is 14.0 Å². The van der Waals surface area contributed by atoms with Crippen LogP contribution in [0.2, 0.25) is 0 Å². The summed E-state index contributed by atoms with van der Waals surface area (Å²) in [6, 6.07) is 18.6. The molecule has 1 fully saturated rings. The van der Waals surface area contributed by atoms with E-state index >= 15 is 4.39 Å². The quantitative estimate of drug-likeness (QED) is 0.0928. The van der Waals surface area contributed by atoms with E-state index in [2.05, 4.69) is 47.1 Å². The minimum absolute atomic E-state index is 0.188. The molecule has 2 aliphatic rings. The molecule has 18 nitrogen and oxygen atoms in total. The average Bonchev–Trinajstić information content (AvgIpc) is 4.13. The fourth-order valence-electron chi connectivity index (χ4n) is 8.56. The molecule has 3 aromatic carbocycles. The number of nitrogens with one attached hydrogen (secondary N) is 4. The summed E-state index contributed by atoms with van der Waals surface area (Å²) in [5.41, 5.74) is 5.78. The molecule has 5 heterocycles. The van der Waals surface area contributed by atoms with Gasteiger partial charge >= 0.3 is 12.2 Å². The smallest absolute Gasteiger partial charge is 0.407 e. The number of H-pyrrole nitrogens is 1. The molecule has 338 valence electrons. The number of carbonyl (C=O) groups is 4. The first kappa shape index (κ1) is 43.9. The van der Waals surface area contributed by atoms with Crippen LogP contribution in [0, 0.1) is 5.82 Å². The largest absolute Gasteiger partial charge is 0.462 e. The second-order valence-corrected chi connectivity index (χ2v) is 15.7. The second kappa shape index (κ2) is 19.0. The van der Waals surface area contributed by atoms with Crippen LogP contribution in [0.15, 0.2) is 78.1 Å². The fraction of sp³-hybridized carbons (Fsp3) is 0.326. The molecule has 6 aromatic rings. The van der Waals surface area contributed by atoms with Crippen molar-refractivity contribution in [3.05, 3.63) is 96.1 Å². The minimum atomic E-state index is -0.808. The van der Waals surface area contributed by atoms with Crippen molar-refractivity contribution in [1.82, 2.24) is 49.8 Å². The number of aryl methyl sites for hydroxylation is 1. The van der Waals surface area contributed by atoms with E-state index in [9.17, 15) is 19.2 Å². The summed E-state index contributed by atoms with van der Waals surface area (Å²) in [5, 5.41) is 9.07. The van der Waals surface area contributed by atoms with E-state index in [1.807, 2.05) is 71.6 Å². The molecule has 1 unspecified atom stereocenters. The Hall–Kier alpha value is -7.70. The Kier molecular flexibility index (Phi) is 12.8. The fourth-order valence-corrected chi connectivity index (χ4v) is 8.56. The van der Waals surface area contributed by atoms with Gasteiger partial charge in [-0.1, -0.05) is 25.1 Å². The summed E-state index contributed by atoms with van der Waals surface area (Å²) >= 11 is 0. The summed E-state index contributed by atoms with van der Waals surface area (Å²) in [6.07, 6.45) is 3.26. The number of likely N-dealkylation sites (tertiary alicyclic amines) is 1. The highest BCUT2D eigenvalue weighted by Crippen LogP contribution is 2.47. The Labute approximate surface area is 373 Å². The summed E-state index contributed by atoms with van der Waals surface area (Å²) < 4.78 is 36.9. The number of aromatic amines is 1. The number of aliphatic imine (C=N–C) groups is 1. The van der Waals surface area contributed by atoms with Crippen LogP contribution in [-0.4, -0.2) is 118 Å². The average molecular weight is 888 g/mol. The number of aromatic nitrogens is 5. The third-order valence-electron chi connectivity index (χ3n) is 11.7. The molecule has 0 saturated carbocycles. The van der Waals surface area contributed by atoms with Crippen LogP contribution in [-0.2, 0) is 32.7 Å². The van der Waals surface area contributed by atoms with Gasteiger partial charge in [0.1, 0.15) is 30.5 Å². The number of nitrogens with zero attached hydrogens (tertiary/aromatic N) is 7. The Balaban J connectivity index is 1.12. The molecule has 0 spiro atoms. The highest BCUT2D eigenvalue weighted by Gasteiger charge is 2.35. The highest BCUT2D eigenvalue weighted by molar-refractivity contribution is 5.93. The molecule has 3 aromatic heterocycles. The van der Waals surface area contributed by atoms with Crippen molar-refractivity contribution in [2.45, 2.75) is 45.0 Å². The van der Waals surface area contributed by atoms with Crippen LogP contribution >= 0.6 is 0 Å². The molecule has 4 N–H and O–H groups in total. The topological polar surface area (TPSA) is 202 Å². The number of para-hydroxylation sites is 2. The number of hydrogen-bond acceptors (Lipinski definition) is 11. The molecule has 0 bridgehead atoms. The Morgan fingerprint density at radius 1 is 1.03 bits per heavy atom. The molecule has 0 radical (unpaired) electrons. The predicted molar refractivity (Wildman–Crippen MR) is 241 cm³/mol. The van der Waals surface area contributed by atoms with Crippen LogP contribution in [0.25, 0.3) is 50.1 Å². The number of amides is 4. The number of benzene rings is 3. The van der Waals surface area contributed by atoms with E-state index < -0.39 is 24.2 Å².